The fourth-order valence-electron chi connectivity index (χ4n) is 2.11. The van der Waals surface area contributed by atoms with Crippen molar-refractivity contribution in [2.24, 2.45) is 5.73 Å². The van der Waals surface area contributed by atoms with E-state index in [2.05, 4.69) is 4.98 Å². The van der Waals surface area contributed by atoms with Crippen molar-refractivity contribution < 1.29 is 22.5 Å². The van der Waals surface area contributed by atoms with E-state index in [0.717, 1.165) is 16.5 Å². The Balaban J connectivity index is 0.000000463. The predicted molar refractivity (Wildman–Crippen MR) is 88.8 cm³/mol. The number of aromatic nitrogens is 1. The van der Waals surface area contributed by atoms with Gasteiger partial charge in [-0.2, -0.15) is 8.42 Å². The Morgan fingerprint density at radius 3 is 2.52 bits per heavy atom. The zero-order valence-electron chi connectivity index (χ0n) is 13.3. The second-order valence-electron chi connectivity index (χ2n) is 5.09. The number of carbonyl (C=O) groups is 1. The monoisotopic (exact) mass is 342 g/mol. The Kier molecular flexibility index (Phi) is 6.74. The summed E-state index contributed by atoms with van der Waals surface area (Å²) in [4.78, 5) is 14.8. The SMILES string of the molecule is CCOC(=O)C(N)C(C)c1c[nH]c2ccccc12.CS(=O)(=O)O. The molecule has 2 rings (SSSR count). The summed E-state index contributed by atoms with van der Waals surface area (Å²) in [6, 6.07) is 7.34. The number of rotatable bonds is 4. The number of esters is 1. The van der Waals surface area contributed by atoms with Crippen LogP contribution in [0.2, 0.25) is 0 Å². The molecule has 1 aromatic carbocycles. The standard InChI is InChI=1S/C14H18N2O2.CH4O3S/c1-3-18-14(17)13(15)9(2)11-8-16-12-7-5-4-6-10(11)12;1-5(2,3)4/h4-9,13,16H,3,15H2,1-2H3;1H3,(H,2,3,4). The van der Waals surface area contributed by atoms with Crippen LogP contribution in [0.1, 0.15) is 25.3 Å². The zero-order chi connectivity index (χ0) is 17.6. The molecule has 0 amide bonds. The fraction of sp³-hybridized carbons (Fsp3) is 0.400. The van der Waals surface area contributed by atoms with Crippen molar-refractivity contribution in [1.82, 2.24) is 4.98 Å². The summed E-state index contributed by atoms with van der Waals surface area (Å²) in [6.07, 6.45) is 2.63. The van der Waals surface area contributed by atoms with Crippen molar-refractivity contribution in [3.05, 3.63) is 36.0 Å². The van der Waals surface area contributed by atoms with Gasteiger partial charge in [0.15, 0.2) is 0 Å². The molecule has 0 fully saturated rings. The van der Waals surface area contributed by atoms with Crippen molar-refractivity contribution in [3.63, 3.8) is 0 Å². The normalized spacial score (nSPS) is 13.8. The Hall–Kier alpha value is -1.90. The average Bonchev–Trinajstić information content (AvgIpc) is 2.88. The van der Waals surface area contributed by atoms with E-state index in [1.54, 1.807) is 6.92 Å². The van der Waals surface area contributed by atoms with Gasteiger partial charge in [0.2, 0.25) is 0 Å². The van der Waals surface area contributed by atoms with Crippen LogP contribution in [0.4, 0.5) is 0 Å². The van der Waals surface area contributed by atoms with E-state index in [-0.39, 0.29) is 11.9 Å². The molecule has 0 aliphatic rings. The first-order valence-corrected chi connectivity index (χ1v) is 8.90. The molecule has 0 aliphatic carbocycles. The van der Waals surface area contributed by atoms with Gasteiger partial charge in [-0.15, -0.1) is 0 Å². The number of para-hydroxylation sites is 1. The largest absolute Gasteiger partial charge is 0.465 e. The molecular formula is C15H22N2O5S. The topological polar surface area (TPSA) is 122 Å². The molecule has 0 bridgehead atoms. The minimum Gasteiger partial charge on any atom is -0.465 e. The van der Waals surface area contributed by atoms with Gasteiger partial charge >= 0.3 is 5.97 Å². The lowest BCUT2D eigenvalue weighted by Crippen LogP contribution is -2.37. The smallest absolute Gasteiger partial charge is 0.323 e. The molecule has 2 unspecified atom stereocenters. The number of carbonyl (C=O) groups excluding carboxylic acids is 1. The lowest BCUT2D eigenvalue weighted by Gasteiger charge is -2.17. The van der Waals surface area contributed by atoms with E-state index in [9.17, 15) is 13.2 Å². The zero-order valence-corrected chi connectivity index (χ0v) is 14.1. The van der Waals surface area contributed by atoms with Crippen LogP contribution in [0.25, 0.3) is 10.9 Å². The summed E-state index contributed by atoms with van der Waals surface area (Å²) in [5.74, 6) is -0.435. The molecule has 0 saturated heterocycles. The third kappa shape index (κ3) is 6.01. The molecule has 4 N–H and O–H groups in total. The molecule has 1 heterocycles. The van der Waals surface area contributed by atoms with Gasteiger partial charge in [0.25, 0.3) is 10.1 Å². The molecule has 0 radical (unpaired) electrons. The lowest BCUT2D eigenvalue weighted by atomic mass is 9.93. The third-order valence-corrected chi connectivity index (χ3v) is 3.21. The number of H-pyrrole nitrogens is 1. The van der Waals surface area contributed by atoms with Crippen LogP contribution in [0.15, 0.2) is 30.5 Å². The first kappa shape index (κ1) is 19.1. The van der Waals surface area contributed by atoms with E-state index in [4.69, 9.17) is 15.0 Å². The number of aromatic amines is 1. The van der Waals surface area contributed by atoms with Gasteiger partial charge in [-0.25, -0.2) is 0 Å². The van der Waals surface area contributed by atoms with Gasteiger partial charge in [-0.05, 0) is 18.6 Å². The molecule has 0 spiro atoms. The van der Waals surface area contributed by atoms with Gasteiger partial charge < -0.3 is 15.5 Å². The summed E-state index contributed by atoms with van der Waals surface area (Å²) in [5.41, 5.74) is 8.04. The third-order valence-electron chi connectivity index (χ3n) is 3.21. The average molecular weight is 342 g/mol. The van der Waals surface area contributed by atoms with Crippen LogP contribution in [0, 0.1) is 0 Å². The van der Waals surface area contributed by atoms with Crippen LogP contribution >= 0.6 is 0 Å². The number of fused-ring (bicyclic) bond motifs is 1. The molecule has 2 atom stereocenters. The Morgan fingerprint density at radius 1 is 1.39 bits per heavy atom. The van der Waals surface area contributed by atoms with E-state index in [1.807, 2.05) is 37.4 Å². The number of hydrogen-bond acceptors (Lipinski definition) is 5. The van der Waals surface area contributed by atoms with E-state index >= 15 is 0 Å². The lowest BCUT2D eigenvalue weighted by molar-refractivity contribution is -0.145. The van der Waals surface area contributed by atoms with Crippen molar-refractivity contribution in [1.29, 1.82) is 0 Å². The van der Waals surface area contributed by atoms with Crippen molar-refractivity contribution in [2.75, 3.05) is 12.9 Å². The second-order valence-corrected chi connectivity index (χ2v) is 6.56. The van der Waals surface area contributed by atoms with Crippen LogP contribution in [-0.4, -0.2) is 42.8 Å². The van der Waals surface area contributed by atoms with Crippen LogP contribution in [0.5, 0.6) is 0 Å². The first-order chi connectivity index (χ1) is 10.6. The van der Waals surface area contributed by atoms with Crippen LogP contribution in [0.3, 0.4) is 0 Å². The fourth-order valence-corrected chi connectivity index (χ4v) is 2.11. The first-order valence-electron chi connectivity index (χ1n) is 7.05. The van der Waals surface area contributed by atoms with Crippen LogP contribution in [-0.2, 0) is 19.6 Å². The minimum absolute atomic E-state index is 0.0831. The Morgan fingerprint density at radius 2 is 1.96 bits per heavy atom. The van der Waals surface area contributed by atoms with E-state index in [1.165, 1.54) is 0 Å². The van der Waals surface area contributed by atoms with Gasteiger partial charge in [0.1, 0.15) is 6.04 Å². The highest BCUT2D eigenvalue weighted by atomic mass is 32.2. The molecular weight excluding hydrogens is 320 g/mol. The summed E-state index contributed by atoms with van der Waals surface area (Å²) in [7, 11) is -3.67. The van der Waals surface area contributed by atoms with Gasteiger partial charge in [0.05, 0.1) is 12.9 Å². The number of nitrogens with two attached hydrogens (primary N) is 1. The highest BCUT2D eigenvalue weighted by Gasteiger charge is 2.25. The predicted octanol–water partition coefficient (Wildman–Crippen LogP) is 1.67. The molecule has 0 saturated carbocycles. The summed E-state index contributed by atoms with van der Waals surface area (Å²) in [6.45, 7) is 4.07. The van der Waals surface area contributed by atoms with Crippen molar-refractivity contribution in [3.8, 4) is 0 Å². The van der Waals surface area contributed by atoms with Crippen molar-refractivity contribution in [2.45, 2.75) is 25.8 Å². The number of hydrogen-bond donors (Lipinski definition) is 3. The minimum atomic E-state index is -3.67. The Labute approximate surface area is 135 Å². The van der Waals surface area contributed by atoms with E-state index < -0.39 is 16.2 Å². The van der Waals surface area contributed by atoms with Gasteiger partial charge in [-0.1, -0.05) is 25.1 Å². The summed E-state index contributed by atoms with van der Waals surface area (Å²) >= 11 is 0. The molecule has 8 heteroatoms. The second kappa shape index (κ2) is 8.09. The van der Waals surface area contributed by atoms with Gasteiger partial charge in [-0.3, -0.25) is 9.35 Å². The maximum Gasteiger partial charge on any atom is 0.323 e. The molecule has 2 aromatic rings. The highest BCUT2D eigenvalue weighted by Crippen LogP contribution is 2.27. The maximum atomic E-state index is 11.7. The molecule has 23 heavy (non-hydrogen) atoms. The molecule has 128 valence electrons. The summed E-state index contributed by atoms with van der Waals surface area (Å²) < 4.78 is 30.8. The van der Waals surface area contributed by atoms with E-state index in [0.29, 0.717) is 12.9 Å². The highest BCUT2D eigenvalue weighted by molar-refractivity contribution is 7.85. The molecule has 0 aliphatic heterocycles. The van der Waals surface area contributed by atoms with Crippen LogP contribution < -0.4 is 5.73 Å². The number of nitrogens with one attached hydrogen (secondary N) is 1. The molecule has 1 aromatic heterocycles. The number of benzene rings is 1. The quantitative estimate of drug-likeness (QED) is 0.574. The molecule has 7 nitrogen and oxygen atoms in total. The van der Waals surface area contributed by atoms with Crippen molar-refractivity contribution >= 4 is 27.0 Å². The maximum absolute atomic E-state index is 11.7. The number of ether oxygens (including phenoxy) is 1. The summed E-state index contributed by atoms with van der Waals surface area (Å²) in [5, 5.41) is 1.10. The van der Waals surface area contributed by atoms with Gasteiger partial charge in [0, 0.05) is 23.0 Å². The Bertz CT molecular complexity index is 746.